The first-order valence-electron chi connectivity index (χ1n) is 6.68. The summed E-state index contributed by atoms with van der Waals surface area (Å²) < 4.78 is 5.39. The molecule has 6 heteroatoms. The van der Waals surface area contributed by atoms with Gasteiger partial charge in [-0.05, 0) is 12.8 Å². The highest BCUT2D eigenvalue weighted by atomic mass is 16.5. The zero-order chi connectivity index (χ0) is 13.0. The van der Waals surface area contributed by atoms with E-state index in [0.717, 1.165) is 39.1 Å². The van der Waals surface area contributed by atoms with Gasteiger partial charge in [-0.15, -0.1) is 0 Å². The van der Waals surface area contributed by atoms with Gasteiger partial charge in [-0.25, -0.2) is 0 Å². The van der Waals surface area contributed by atoms with Gasteiger partial charge in [0.1, 0.15) is 0 Å². The molecule has 0 saturated carbocycles. The highest BCUT2D eigenvalue weighted by Crippen LogP contribution is 2.20. The van der Waals surface area contributed by atoms with Gasteiger partial charge in [0, 0.05) is 25.7 Å². The summed E-state index contributed by atoms with van der Waals surface area (Å²) in [4.78, 5) is 15.7. The maximum atomic E-state index is 11.5. The number of hydrogen-bond donors (Lipinski definition) is 2. The number of aliphatic hydroxyl groups is 1. The molecule has 1 unspecified atom stereocenters. The number of carbonyl (C=O) groups excluding carboxylic acids is 1. The molecular formula is C12H23N3O3. The van der Waals surface area contributed by atoms with Crippen LogP contribution in [-0.2, 0) is 9.53 Å². The van der Waals surface area contributed by atoms with Gasteiger partial charge < -0.3 is 20.5 Å². The molecule has 2 aliphatic heterocycles. The van der Waals surface area contributed by atoms with Crippen molar-refractivity contribution < 1.29 is 14.6 Å². The van der Waals surface area contributed by atoms with Crippen molar-refractivity contribution in [3.63, 3.8) is 0 Å². The third-order valence-electron chi connectivity index (χ3n) is 3.94. The van der Waals surface area contributed by atoms with Crippen molar-refractivity contribution in [1.82, 2.24) is 9.80 Å². The number of amides is 1. The summed E-state index contributed by atoms with van der Waals surface area (Å²) in [5.41, 5.74) is 5.37. The number of hydrogen-bond acceptors (Lipinski definition) is 5. The third kappa shape index (κ3) is 3.00. The van der Waals surface area contributed by atoms with Crippen LogP contribution in [0.5, 0.6) is 0 Å². The second-order valence-corrected chi connectivity index (χ2v) is 4.97. The SMILES string of the molecule is NCC(=O)N1CCC(N2CCOCC2CO)CC1. The second-order valence-electron chi connectivity index (χ2n) is 4.97. The Labute approximate surface area is 108 Å². The van der Waals surface area contributed by atoms with Gasteiger partial charge >= 0.3 is 0 Å². The van der Waals surface area contributed by atoms with E-state index in [1.807, 2.05) is 4.90 Å². The lowest BCUT2D eigenvalue weighted by Crippen LogP contribution is -2.56. The van der Waals surface area contributed by atoms with E-state index < -0.39 is 0 Å². The van der Waals surface area contributed by atoms with Crippen LogP contribution >= 0.6 is 0 Å². The molecule has 0 aliphatic carbocycles. The number of rotatable bonds is 3. The third-order valence-corrected chi connectivity index (χ3v) is 3.94. The number of aliphatic hydroxyl groups excluding tert-OH is 1. The molecule has 18 heavy (non-hydrogen) atoms. The van der Waals surface area contributed by atoms with E-state index in [4.69, 9.17) is 10.5 Å². The zero-order valence-corrected chi connectivity index (χ0v) is 10.8. The summed E-state index contributed by atoms with van der Waals surface area (Å²) in [6, 6.07) is 0.563. The van der Waals surface area contributed by atoms with E-state index in [0.29, 0.717) is 12.6 Å². The second kappa shape index (κ2) is 6.47. The van der Waals surface area contributed by atoms with Crippen LogP contribution in [0, 0.1) is 0 Å². The molecule has 0 aromatic carbocycles. The van der Waals surface area contributed by atoms with Crippen molar-refractivity contribution in [3.8, 4) is 0 Å². The predicted octanol–water partition coefficient (Wildman–Crippen LogP) is -1.37. The van der Waals surface area contributed by atoms with E-state index >= 15 is 0 Å². The lowest BCUT2D eigenvalue weighted by atomic mass is 10.0. The van der Waals surface area contributed by atoms with E-state index in [1.54, 1.807) is 0 Å². The molecule has 2 heterocycles. The lowest BCUT2D eigenvalue weighted by Gasteiger charge is -2.43. The van der Waals surface area contributed by atoms with E-state index in [2.05, 4.69) is 4.90 Å². The molecule has 2 fully saturated rings. The summed E-state index contributed by atoms with van der Waals surface area (Å²) in [7, 11) is 0. The van der Waals surface area contributed by atoms with Gasteiger partial charge in [-0.3, -0.25) is 9.69 Å². The summed E-state index contributed by atoms with van der Waals surface area (Å²) in [6.07, 6.45) is 1.92. The molecule has 6 nitrogen and oxygen atoms in total. The quantitative estimate of drug-likeness (QED) is 0.652. The van der Waals surface area contributed by atoms with Crippen LogP contribution in [0.25, 0.3) is 0 Å². The molecular weight excluding hydrogens is 234 g/mol. The Bertz CT molecular complexity index is 280. The van der Waals surface area contributed by atoms with Crippen LogP contribution in [0.2, 0.25) is 0 Å². The zero-order valence-electron chi connectivity index (χ0n) is 10.8. The summed E-state index contributed by atoms with van der Waals surface area (Å²) in [5.74, 6) is 0.0362. The number of morpholine rings is 1. The van der Waals surface area contributed by atoms with Gasteiger partial charge in [-0.1, -0.05) is 0 Å². The Kier molecular flexibility index (Phi) is 4.94. The van der Waals surface area contributed by atoms with E-state index in [-0.39, 0.29) is 25.1 Å². The number of carbonyl (C=O) groups is 1. The summed E-state index contributed by atoms with van der Waals surface area (Å²) >= 11 is 0. The van der Waals surface area contributed by atoms with Crippen molar-refractivity contribution >= 4 is 5.91 Å². The van der Waals surface area contributed by atoms with Crippen LogP contribution in [-0.4, -0.2) is 78.9 Å². The number of nitrogens with two attached hydrogens (primary N) is 1. The molecule has 1 atom stereocenters. The molecule has 2 saturated heterocycles. The van der Waals surface area contributed by atoms with Crippen molar-refractivity contribution in [1.29, 1.82) is 0 Å². The highest BCUT2D eigenvalue weighted by molar-refractivity contribution is 5.78. The van der Waals surface area contributed by atoms with Crippen LogP contribution in [0.3, 0.4) is 0 Å². The number of piperidine rings is 1. The monoisotopic (exact) mass is 257 g/mol. The first kappa shape index (κ1) is 13.7. The summed E-state index contributed by atoms with van der Waals surface area (Å²) in [6.45, 7) is 4.01. The predicted molar refractivity (Wildman–Crippen MR) is 67.1 cm³/mol. The van der Waals surface area contributed by atoms with E-state index in [1.165, 1.54) is 0 Å². The van der Waals surface area contributed by atoms with E-state index in [9.17, 15) is 9.90 Å². The molecule has 104 valence electrons. The highest BCUT2D eigenvalue weighted by Gasteiger charge is 2.32. The maximum Gasteiger partial charge on any atom is 0.236 e. The molecule has 0 spiro atoms. The molecule has 2 rings (SSSR count). The van der Waals surface area contributed by atoms with Crippen molar-refractivity contribution in [3.05, 3.63) is 0 Å². The van der Waals surface area contributed by atoms with Gasteiger partial charge in [0.2, 0.25) is 5.91 Å². The first-order valence-corrected chi connectivity index (χ1v) is 6.68. The van der Waals surface area contributed by atoms with Crippen molar-refractivity contribution in [2.75, 3.05) is 46.0 Å². The van der Waals surface area contributed by atoms with Gasteiger partial charge in [-0.2, -0.15) is 0 Å². The number of ether oxygens (including phenoxy) is 1. The van der Waals surface area contributed by atoms with Crippen LogP contribution < -0.4 is 5.73 Å². The minimum atomic E-state index is 0.0362. The Morgan fingerprint density at radius 1 is 1.33 bits per heavy atom. The minimum absolute atomic E-state index is 0.0362. The standard InChI is InChI=1S/C12H23N3O3/c13-7-12(17)14-3-1-10(2-4-14)15-5-6-18-9-11(15)8-16/h10-11,16H,1-9,13H2. The Morgan fingerprint density at radius 2 is 2.06 bits per heavy atom. The molecule has 2 aliphatic rings. The fraction of sp³-hybridized carbons (Fsp3) is 0.917. The van der Waals surface area contributed by atoms with Crippen LogP contribution in [0.15, 0.2) is 0 Å². The first-order chi connectivity index (χ1) is 8.76. The van der Waals surface area contributed by atoms with Gasteiger partial charge in [0.15, 0.2) is 0 Å². The molecule has 0 radical (unpaired) electrons. The maximum absolute atomic E-state index is 11.5. The van der Waals surface area contributed by atoms with Crippen molar-refractivity contribution in [2.45, 2.75) is 24.9 Å². The fourth-order valence-corrected chi connectivity index (χ4v) is 2.88. The molecule has 0 aromatic rings. The Hall–Kier alpha value is -0.690. The normalized spacial score (nSPS) is 27.4. The van der Waals surface area contributed by atoms with Gasteiger partial charge in [0.25, 0.3) is 0 Å². The largest absolute Gasteiger partial charge is 0.395 e. The number of nitrogens with zero attached hydrogens (tertiary/aromatic N) is 2. The van der Waals surface area contributed by atoms with Crippen LogP contribution in [0.1, 0.15) is 12.8 Å². The Morgan fingerprint density at radius 3 is 2.67 bits per heavy atom. The Balaban J connectivity index is 1.86. The van der Waals surface area contributed by atoms with Crippen molar-refractivity contribution in [2.24, 2.45) is 5.73 Å². The van der Waals surface area contributed by atoms with Crippen LogP contribution in [0.4, 0.5) is 0 Å². The minimum Gasteiger partial charge on any atom is -0.395 e. The average Bonchev–Trinajstić information content (AvgIpc) is 2.46. The smallest absolute Gasteiger partial charge is 0.236 e. The lowest BCUT2D eigenvalue weighted by molar-refractivity contribution is -0.132. The molecule has 1 amide bonds. The molecule has 3 N–H and O–H groups in total. The van der Waals surface area contributed by atoms with Gasteiger partial charge in [0.05, 0.1) is 32.4 Å². The fourth-order valence-electron chi connectivity index (χ4n) is 2.88. The average molecular weight is 257 g/mol. The topological polar surface area (TPSA) is 79.0 Å². The number of likely N-dealkylation sites (tertiary alicyclic amines) is 1. The summed E-state index contributed by atoms with van der Waals surface area (Å²) in [5, 5.41) is 9.37. The molecule has 0 aromatic heterocycles. The molecule has 0 bridgehead atoms.